The summed E-state index contributed by atoms with van der Waals surface area (Å²) in [5.74, 6) is 0. The summed E-state index contributed by atoms with van der Waals surface area (Å²) in [6.45, 7) is 0. The molecule has 4 nitrogen and oxygen atoms in total. The van der Waals surface area contributed by atoms with Crippen LogP contribution in [0, 0.1) is 0 Å². The van der Waals surface area contributed by atoms with Crippen molar-refractivity contribution in [3.05, 3.63) is 0 Å². The van der Waals surface area contributed by atoms with Gasteiger partial charge in [0, 0.05) is 0 Å². The van der Waals surface area contributed by atoms with Gasteiger partial charge < -0.3 is 24.8 Å². The zero-order chi connectivity index (χ0) is 0. The van der Waals surface area contributed by atoms with Crippen molar-refractivity contribution in [2.45, 2.75) is 0 Å². The summed E-state index contributed by atoms with van der Waals surface area (Å²) in [6.07, 6.45) is 0. The van der Waals surface area contributed by atoms with Crippen LogP contribution in [0.15, 0.2) is 0 Å². The quantitative estimate of drug-likeness (QED) is 0.293. The van der Waals surface area contributed by atoms with Crippen LogP contribution in [0.5, 0.6) is 0 Å². The predicted molar refractivity (Wildman–Crippen MR) is 16.7 cm³/mol. The Morgan fingerprint density at radius 3 is 0.667 bits per heavy atom. The summed E-state index contributed by atoms with van der Waals surface area (Å²) in [4.78, 5) is 0. The van der Waals surface area contributed by atoms with E-state index in [4.69, 9.17) is 0 Å². The van der Waals surface area contributed by atoms with Crippen molar-refractivity contribution in [3.63, 3.8) is 0 Å². The zero-order valence-corrected chi connectivity index (χ0v) is 9.12. The van der Waals surface area contributed by atoms with Crippen molar-refractivity contribution >= 4 is 0 Å². The third-order valence-electron chi connectivity index (χ3n) is 0. The largest absolute Gasteiger partial charge is 1.00 e. The standard InChI is InChI=1S/K.Na.4H2O.2H/h;;4*1H2;;/q2*+1;;;;;2*-1. The smallest absolute Gasteiger partial charge is 1.00 e. The molecule has 0 unspecified atom stereocenters. The maximum Gasteiger partial charge on any atom is 1.00 e. The fourth-order valence-electron chi connectivity index (χ4n) is 0. The Bertz CT molecular complexity index is 14.0. The Kier molecular flexibility index (Phi) is 658. The molecule has 0 saturated carbocycles. The maximum atomic E-state index is 0. The molecule has 0 saturated heterocycles. The molecule has 0 radical (unpaired) electrons. The number of hydrogen-bond acceptors (Lipinski definition) is 0. The molecule has 0 aliphatic rings. The van der Waals surface area contributed by atoms with Crippen molar-refractivity contribution in [2.24, 2.45) is 0 Å². The predicted octanol–water partition coefficient (Wildman–Crippen LogP) is -9.07. The van der Waals surface area contributed by atoms with Gasteiger partial charge in [-0.2, -0.15) is 0 Å². The van der Waals surface area contributed by atoms with Gasteiger partial charge in [-0.25, -0.2) is 0 Å². The second-order valence-corrected chi connectivity index (χ2v) is 0. The summed E-state index contributed by atoms with van der Waals surface area (Å²) < 4.78 is 0. The molecule has 0 amide bonds. The monoisotopic (exact) mass is 136 g/mol. The molecule has 0 rings (SSSR count). The van der Waals surface area contributed by atoms with E-state index in [0.717, 1.165) is 0 Å². The third-order valence-corrected chi connectivity index (χ3v) is 0. The first-order valence-corrected chi connectivity index (χ1v) is 0. The fraction of sp³-hybridized carbons (Fsp3) is 0. The second-order valence-electron chi connectivity index (χ2n) is 0. The van der Waals surface area contributed by atoms with E-state index in [1.54, 1.807) is 0 Å². The molecule has 0 aromatic heterocycles. The van der Waals surface area contributed by atoms with E-state index in [9.17, 15) is 0 Å². The summed E-state index contributed by atoms with van der Waals surface area (Å²) in [5.41, 5.74) is 0. The van der Waals surface area contributed by atoms with Crippen LogP contribution in [0.25, 0.3) is 0 Å². The van der Waals surface area contributed by atoms with Crippen LogP contribution >= 0.6 is 0 Å². The first-order chi connectivity index (χ1) is 0. The van der Waals surface area contributed by atoms with E-state index in [1.807, 2.05) is 0 Å². The first-order valence-electron chi connectivity index (χ1n) is 0. The molecular formula is H10KNaO4. The molecule has 0 bridgehead atoms. The Morgan fingerprint density at radius 1 is 0.667 bits per heavy atom. The maximum absolute atomic E-state index is 0. The van der Waals surface area contributed by atoms with Gasteiger partial charge >= 0.3 is 80.9 Å². The van der Waals surface area contributed by atoms with Gasteiger partial charge in [-0.1, -0.05) is 0 Å². The minimum Gasteiger partial charge on any atom is -1.00 e. The van der Waals surface area contributed by atoms with E-state index in [2.05, 4.69) is 0 Å². The van der Waals surface area contributed by atoms with E-state index in [0.29, 0.717) is 0 Å². The number of hydrogen-bond donors (Lipinski definition) is 0. The van der Waals surface area contributed by atoms with Crippen molar-refractivity contribution < 1.29 is 106 Å². The minimum absolute atomic E-state index is 0. The average molecular weight is 136 g/mol. The average Bonchev–Trinajstić information content (AvgIpc) is 0. The van der Waals surface area contributed by atoms with Gasteiger partial charge in [0.25, 0.3) is 0 Å². The van der Waals surface area contributed by atoms with Crippen molar-refractivity contribution in [2.75, 3.05) is 0 Å². The van der Waals surface area contributed by atoms with Gasteiger partial charge in [-0.15, -0.1) is 0 Å². The summed E-state index contributed by atoms with van der Waals surface area (Å²) in [6, 6.07) is 0. The van der Waals surface area contributed by atoms with Crippen LogP contribution in [-0.4, -0.2) is 21.9 Å². The summed E-state index contributed by atoms with van der Waals surface area (Å²) in [5, 5.41) is 0. The Hall–Kier alpha value is 2.48. The molecule has 0 aliphatic heterocycles. The van der Waals surface area contributed by atoms with Gasteiger partial charge in [0.05, 0.1) is 0 Å². The van der Waals surface area contributed by atoms with Gasteiger partial charge in [0.1, 0.15) is 0 Å². The van der Waals surface area contributed by atoms with E-state index in [-0.39, 0.29) is 106 Å². The van der Waals surface area contributed by atoms with Gasteiger partial charge in [0.2, 0.25) is 0 Å². The summed E-state index contributed by atoms with van der Waals surface area (Å²) >= 11 is 0. The van der Waals surface area contributed by atoms with Crippen molar-refractivity contribution in [1.29, 1.82) is 0 Å². The van der Waals surface area contributed by atoms with E-state index >= 15 is 0 Å². The molecule has 6 heavy (non-hydrogen) atoms. The van der Waals surface area contributed by atoms with Gasteiger partial charge in [-0.3, -0.25) is 0 Å². The molecule has 0 aromatic carbocycles. The van der Waals surface area contributed by atoms with E-state index < -0.39 is 0 Å². The van der Waals surface area contributed by atoms with Crippen molar-refractivity contribution in [3.8, 4) is 0 Å². The SMILES string of the molecule is O.O.O.O.[H-].[H-].[K+].[Na+]. The fourth-order valence-corrected chi connectivity index (χ4v) is 0. The number of rotatable bonds is 0. The van der Waals surface area contributed by atoms with Crippen LogP contribution in [0.3, 0.4) is 0 Å². The molecule has 0 atom stereocenters. The molecule has 0 spiro atoms. The van der Waals surface area contributed by atoms with Crippen LogP contribution < -0.4 is 80.9 Å². The van der Waals surface area contributed by atoms with E-state index in [1.165, 1.54) is 0 Å². The van der Waals surface area contributed by atoms with Crippen LogP contribution in [0.2, 0.25) is 0 Å². The van der Waals surface area contributed by atoms with Crippen LogP contribution in [0.1, 0.15) is 2.85 Å². The molecular weight excluding hydrogens is 126 g/mol. The van der Waals surface area contributed by atoms with Gasteiger partial charge in [0.15, 0.2) is 0 Å². The molecule has 0 heterocycles. The summed E-state index contributed by atoms with van der Waals surface area (Å²) in [7, 11) is 0. The van der Waals surface area contributed by atoms with Crippen LogP contribution in [-0.2, 0) is 0 Å². The van der Waals surface area contributed by atoms with Crippen molar-refractivity contribution in [1.82, 2.24) is 0 Å². The Labute approximate surface area is 104 Å². The molecule has 0 aromatic rings. The molecule has 0 fully saturated rings. The Morgan fingerprint density at radius 2 is 0.667 bits per heavy atom. The zero-order valence-electron chi connectivity index (χ0n) is 6.00. The normalized spacial score (nSPS) is 0. The van der Waals surface area contributed by atoms with Gasteiger partial charge in [-0.05, 0) is 0 Å². The van der Waals surface area contributed by atoms with Crippen LogP contribution in [0.4, 0.5) is 0 Å². The molecule has 36 valence electrons. The first kappa shape index (κ1) is 77.3. The third kappa shape index (κ3) is 31.7. The minimum atomic E-state index is 0. The molecule has 8 N–H and O–H groups in total. The molecule has 6 heteroatoms. The Balaban J connectivity index is 0. The second kappa shape index (κ2) is 51.1. The topological polar surface area (TPSA) is 126 Å². The molecule has 0 aliphatic carbocycles.